The molecule has 180 valence electrons. The number of halogens is 1. The molecule has 8 nitrogen and oxygen atoms in total. The normalized spacial score (nSPS) is 17.1. The van der Waals surface area contributed by atoms with Crippen LogP contribution < -0.4 is 9.47 Å². The molecule has 1 fully saturated rings. The number of nitrogens with zero attached hydrogens (tertiary/aromatic N) is 1. The minimum absolute atomic E-state index is 0.00919. The summed E-state index contributed by atoms with van der Waals surface area (Å²) in [5.41, 5.74) is 0.985. The van der Waals surface area contributed by atoms with Crippen LogP contribution in [0.25, 0.3) is 5.76 Å². The number of carbonyl (C=O) groups is 3. The van der Waals surface area contributed by atoms with Crippen LogP contribution in [0.2, 0.25) is 0 Å². The van der Waals surface area contributed by atoms with Crippen molar-refractivity contribution in [3.8, 4) is 11.5 Å². The van der Waals surface area contributed by atoms with Gasteiger partial charge in [0.15, 0.2) is 11.5 Å². The molecule has 1 aliphatic heterocycles. The second kappa shape index (κ2) is 11.2. The van der Waals surface area contributed by atoms with Crippen LogP contribution in [0.1, 0.15) is 42.9 Å². The first kappa shape index (κ1) is 25.3. The first-order valence-corrected chi connectivity index (χ1v) is 11.6. The zero-order valence-electron chi connectivity index (χ0n) is 18.9. The maximum atomic E-state index is 13.1. The average Bonchev–Trinajstić information content (AvgIpc) is 3.08. The van der Waals surface area contributed by atoms with Crippen molar-refractivity contribution in [3.05, 3.63) is 63.6 Å². The predicted molar refractivity (Wildman–Crippen MR) is 129 cm³/mol. The van der Waals surface area contributed by atoms with Crippen molar-refractivity contribution in [1.29, 1.82) is 0 Å². The van der Waals surface area contributed by atoms with Crippen LogP contribution in [0.5, 0.6) is 11.5 Å². The first-order chi connectivity index (χ1) is 16.3. The van der Waals surface area contributed by atoms with E-state index in [0.717, 1.165) is 4.47 Å². The van der Waals surface area contributed by atoms with Crippen molar-refractivity contribution < 1.29 is 34.1 Å². The number of hydrogen-bond acceptors (Lipinski definition) is 6. The van der Waals surface area contributed by atoms with Crippen molar-refractivity contribution in [2.75, 3.05) is 20.8 Å². The quantitative estimate of drug-likeness (QED) is 0.200. The highest BCUT2D eigenvalue weighted by Gasteiger charge is 2.45. The zero-order chi connectivity index (χ0) is 24.8. The molecule has 34 heavy (non-hydrogen) atoms. The SMILES string of the molecule is COc1ccc(C(O)=C2C(=O)C(=O)N(CCCCCC(=O)O)[C@H]2c2ccc(Br)cc2)cc1OC. The van der Waals surface area contributed by atoms with Crippen LogP contribution in [0.15, 0.2) is 52.5 Å². The minimum atomic E-state index is -0.870. The van der Waals surface area contributed by atoms with E-state index in [9.17, 15) is 19.5 Å². The van der Waals surface area contributed by atoms with Gasteiger partial charge in [0.05, 0.1) is 25.8 Å². The summed E-state index contributed by atoms with van der Waals surface area (Å²) < 4.78 is 11.4. The smallest absolute Gasteiger partial charge is 0.303 e. The third-order valence-corrected chi connectivity index (χ3v) is 6.20. The minimum Gasteiger partial charge on any atom is -0.507 e. The molecule has 0 spiro atoms. The molecule has 0 radical (unpaired) electrons. The Labute approximate surface area is 205 Å². The molecule has 9 heteroatoms. The van der Waals surface area contributed by atoms with E-state index in [1.165, 1.54) is 19.1 Å². The highest BCUT2D eigenvalue weighted by molar-refractivity contribution is 9.10. The fourth-order valence-corrected chi connectivity index (χ4v) is 4.24. The number of amides is 1. The van der Waals surface area contributed by atoms with Gasteiger partial charge in [0.25, 0.3) is 11.7 Å². The molecular weight excluding hydrogens is 506 g/mol. The number of rotatable bonds is 10. The lowest BCUT2D eigenvalue weighted by Gasteiger charge is -2.25. The van der Waals surface area contributed by atoms with Gasteiger partial charge in [0, 0.05) is 23.0 Å². The number of carboxylic acid groups (broad SMARTS) is 1. The van der Waals surface area contributed by atoms with Crippen LogP contribution in [0.3, 0.4) is 0 Å². The molecule has 2 aromatic rings. The van der Waals surface area contributed by atoms with Crippen LogP contribution in [-0.4, -0.2) is 53.5 Å². The largest absolute Gasteiger partial charge is 0.507 e. The Morgan fingerprint density at radius 3 is 2.26 bits per heavy atom. The van der Waals surface area contributed by atoms with Gasteiger partial charge >= 0.3 is 5.97 Å². The number of likely N-dealkylation sites (tertiary alicyclic amines) is 1. The summed E-state index contributed by atoms with van der Waals surface area (Å²) in [7, 11) is 2.96. The summed E-state index contributed by atoms with van der Waals surface area (Å²) in [6, 6.07) is 11.2. The summed E-state index contributed by atoms with van der Waals surface area (Å²) in [6.07, 6.45) is 1.66. The van der Waals surface area contributed by atoms with Gasteiger partial charge in [0.2, 0.25) is 0 Å². The van der Waals surface area contributed by atoms with Crippen molar-refractivity contribution in [2.24, 2.45) is 0 Å². The molecular formula is C25H26BrNO7. The fourth-order valence-electron chi connectivity index (χ4n) is 3.98. The van der Waals surface area contributed by atoms with Gasteiger partial charge in [-0.15, -0.1) is 0 Å². The van der Waals surface area contributed by atoms with Crippen LogP contribution in [-0.2, 0) is 14.4 Å². The lowest BCUT2D eigenvalue weighted by Crippen LogP contribution is -2.30. The number of carboxylic acids is 1. The number of ketones is 1. The van der Waals surface area contributed by atoms with E-state index in [-0.39, 0.29) is 24.3 Å². The maximum Gasteiger partial charge on any atom is 0.303 e. The van der Waals surface area contributed by atoms with Gasteiger partial charge in [0.1, 0.15) is 5.76 Å². The highest BCUT2D eigenvalue weighted by atomic mass is 79.9. The number of ether oxygens (including phenoxy) is 2. The molecule has 1 heterocycles. The third-order valence-electron chi connectivity index (χ3n) is 5.67. The molecule has 2 N–H and O–H groups in total. The van der Waals surface area contributed by atoms with Crippen LogP contribution in [0.4, 0.5) is 0 Å². The Bertz CT molecular complexity index is 1110. The highest BCUT2D eigenvalue weighted by Crippen LogP contribution is 2.41. The van der Waals surface area contributed by atoms with E-state index in [4.69, 9.17) is 14.6 Å². The standard InChI is InChI=1S/C25H26BrNO7/c1-33-18-12-9-16(14-19(18)34-2)23(30)21-22(15-7-10-17(26)11-8-15)27(25(32)24(21)31)13-5-3-4-6-20(28)29/h7-12,14,22,30H,3-6,13H2,1-2H3,(H,28,29)/t22-/m0/s1. The topological polar surface area (TPSA) is 113 Å². The molecule has 3 rings (SSSR count). The monoisotopic (exact) mass is 531 g/mol. The Morgan fingerprint density at radius 2 is 1.65 bits per heavy atom. The molecule has 0 bridgehead atoms. The number of aliphatic hydroxyl groups excluding tert-OH is 1. The van der Waals surface area contributed by atoms with E-state index < -0.39 is 23.7 Å². The fraction of sp³-hybridized carbons (Fsp3) is 0.320. The zero-order valence-corrected chi connectivity index (χ0v) is 20.5. The van der Waals surface area contributed by atoms with Gasteiger partial charge in [-0.2, -0.15) is 0 Å². The number of methoxy groups -OCH3 is 2. The number of aliphatic hydroxyl groups is 1. The van der Waals surface area contributed by atoms with E-state index in [1.807, 2.05) is 0 Å². The number of Topliss-reactive ketones (excluding diaryl/α,β-unsaturated/α-hetero) is 1. The van der Waals surface area contributed by atoms with E-state index in [1.54, 1.807) is 42.5 Å². The summed E-state index contributed by atoms with van der Waals surface area (Å²) >= 11 is 3.39. The number of unbranched alkanes of at least 4 members (excludes halogenated alkanes) is 2. The van der Waals surface area contributed by atoms with E-state index in [2.05, 4.69) is 15.9 Å². The molecule has 0 saturated carbocycles. The number of aliphatic carboxylic acids is 1. The summed E-state index contributed by atoms with van der Waals surface area (Å²) in [6.45, 7) is 0.258. The molecule has 2 aromatic carbocycles. The number of hydrogen-bond donors (Lipinski definition) is 2. The second-order valence-electron chi connectivity index (χ2n) is 7.82. The van der Waals surface area contributed by atoms with Gasteiger partial charge in [-0.1, -0.05) is 34.5 Å². The first-order valence-electron chi connectivity index (χ1n) is 10.8. The van der Waals surface area contributed by atoms with Crippen molar-refractivity contribution in [3.63, 3.8) is 0 Å². The van der Waals surface area contributed by atoms with Crippen molar-refractivity contribution >= 4 is 39.3 Å². The van der Waals surface area contributed by atoms with Gasteiger partial charge in [-0.3, -0.25) is 14.4 Å². The third kappa shape index (κ3) is 5.41. The van der Waals surface area contributed by atoms with Crippen LogP contribution in [0, 0.1) is 0 Å². The lowest BCUT2D eigenvalue weighted by atomic mass is 9.95. The summed E-state index contributed by atoms with van der Waals surface area (Å²) in [5, 5.41) is 20.0. The lowest BCUT2D eigenvalue weighted by molar-refractivity contribution is -0.140. The Kier molecular flexibility index (Phi) is 8.33. The molecule has 0 aliphatic carbocycles. The predicted octanol–water partition coefficient (Wildman–Crippen LogP) is 4.53. The van der Waals surface area contributed by atoms with E-state index >= 15 is 0 Å². The Morgan fingerprint density at radius 1 is 0.971 bits per heavy atom. The molecule has 0 aromatic heterocycles. The Hall–Kier alpha value is -3.33. The molecule has 1 atom stereocenters. The Balaban J connectivity index is 2.01. The number of benzene rings is 2. The maximum absolute atomic E-state index is 13.1. The number of carbonyl (C=O) groups excluding carboxylic acids is 2. The van der Waals surface area contributed by atoms with E-state index in [0.29, 0.717) is 41.9 Å². The van der Waals surface area contributed by atoms with Gasteiger partial charge in [-0.05, 0) is 48.7 Å². The summed E-state index contributed by atoms with van der Waals surface area (Å²) in [4.78, 5) is 38.3. The van der Waals surface area contributed by atoms with Gasteiger partial charge < -0.3 is 24.6 Å². The second-order valence-corrected chi connectivity index (χ2v) is 8.73. The van der Waals surface area contributed by atoms with Crippen molar-refractivity contribution in [2.45, 2.75) is 31.7 Å². The van der Waals surface area contributed by atoms with Crippen molar-refractivity contribution in [1.82, 2.24) is 4.90 Å². The van der Waals surface area contributed by atoms with Gasteiger partial charge in [-0.25, -0.2) is 0 Å². The molecule has 0 unspecified atom stereocenters. The molecule has 1 amide bonds. The molecule has 1 aliphatic rings. The average molecular weight is 532 g/mol. The summed E-state index contributed by atoms with van der Waals surface area (Å²) in [5.74, 6) is -1.81. The molecule has 1 saturated heterocycles. The van der Waals surface area contributed by atoms with Crippen LogP contribution >= 0.6 is 15.9 Å².